The summed E-state index contributed by atoms with van der Waals surface area (Å²) in [6.45, 7) is 0.0407. The van der Waals surface area contributed by atoms with Crippen LogP contribution in [0.2, 0.25) is 10.0 Å². The molecule has 21 heavy (non-hydrogen) atoms. The summed E-state index contributed by atoms with van der Waals surface area (Å²) in [5, 5.41) is 11.9. The fourth-order valence-electron chi connectivity index (χ4n) is 1.78. The Morgan fingerprint density at radius 2 is 1.71 bits per heavy atom. The van der Waals surface area contributed by atoms with Gasteiger partial charge in [-0.2, -0.15) is 0 Å². The van der Waals surface area contributed by atoms with Gasteiger partial charge in [0.1, 0.15) is 12.4 Å². The van der Waals surface area contributed by atoms with E-state index >= 15 is 0 Å². The minimum absolute atomic E-state index is 0.0407. The maximum absolute atomic E-state index is 11.0. The second-order valence-electron chi connectivity index (χ2n) is 4.20. The van der Waals surface area contributed by atoms with Gasteiger partial charge in [-0.1, -0.05) is 23.2 Å². The minimum atomic E-state index is -0.491. The minimum Gasteiger partial charge on any atom is -0.488 e. The van der Waals surface area contributed by atoms with Crippen molar-refractivity contribution < 1.29 is 9.66 Å². The van der Waals surface area contributed by atoms with Gasteiger partial charge in [0.2, 0.25) is 0 Å². The molecule has 0 saturated heterocycles. The van der Waals surface area contributed by atoms with Gasteiger partial charge in [0.15, 0.2) is 0 Å². The predicted octanol–water partition coefficient (Wildman–Crippen LogP) is 5.22. The molecule has 0 spiro atoms. The molecule has 0 heterocycles. The molecule has 0 unspecified atom stereocenters. The van der Waals surface area contributed by atoms with Crippen molar-refractivity contribution in [1.82, 2.24) is 0 Å². The molecule has 2 aromatic rings. The molecular formula is C14H10Cl3NO3. The summed E-state index contributed by atoms with van der Waals surface area (Å²) >= 11 is 17.5. The first-order chi connectivity index (χ1) is 10.0. The van der Waals surface area contributed by atoms with E-state index in [2.05, 4.69) is 0 Å². The summed E-state index contributed by atoms with van der Waals surface area (Å²) in [7, 11) is 0. The first kappa shape index (κ1) is 15.9. The molecule has 2 rings (SSSR count). The zero-order valence-corrected chi connectivity index (χ0v) is 13.0. The van der Waals surface area contributed by atoms with Crippen molar-refractivity contribution in [2.45, 2.75) is 12.5 Å². The Labute approximate surface area is 136 Å². The van der Waals surface area contributed by atoms with Crippen LogP contribution in [-0.4, -0.2) is 4.92 Å². The smallest absolute Gasteiger partial charge is 0.277 e. The van der Waals surface area contributed by atoms with E-state index in [9.17, 15) is 10.1 Å². The number of rotatable bonds is 5. The fourth-order valence-corrected chi connectivity index (χ4v) is 2.35. The molecule has 7 heteroatoms. The summed E-state index contributed by atoms with van der Waals surface area (Å²) in [5.41, 5.74) is 1.07. The monoisotopic (exact) mass is 345 g/mol. The lowest BCUT2D eigenvalue weighted by Crippen LogP contribution is -2.02. The van der Waals surface area contributed by atoms with E-state index in [1.165, 1.54) is 6.07 Å². The normalized spacial score (nSPS) is 10.4. The number of benzene rings is 2. The molecule has 0 N–H and O–H groups in total. The number of ether oxygens (including phenoxy) is 1. The molecule has 0 bridgehead atoms. The van der Waals surface area contributed by atoms with Crippen molar-refractivity contribution in [3.8, 4) is 5.75 Å². The lowest BCUT2D eigenvalue weighted by molar-refractivity contribution is -0.385. The second-order valence-corrected chi connectivity index (χ2v) is 5.34. The summed E-state index contributed by atoms with van der Waals surface area (Å²) in [6.07, 6.45) is 0. The van der Waals surface area contributed by atoms with Crippen molar-refractivity contribution in [3.05, 3.63) is 67.7 Å². The highest BCUT2D eigenvalue weighted by molar-refractivity contribution is 6.31. The lowest BCUT2D eigenvalue weighted by Gasteiger charge is -2.10. The fraction of sp³-hybridized carbons (Fsp3) is 0.143. The van der Waals surface area contributed by atoms with Crippen molar-refractivity contribution in [1.29, 1.82) is 0 Å². The molecule has 0 radical (unpaired) electrons. The number of nitro benzene ring substituents is 1. The highest BCUT2D eigenvalue weighted by atomic mass is 35.5. The molecule has 2 aromatic carbocycles. The number of nitro groups is 1. The predicted molar refractivity (Wildman–Crippen MR) is 83.4 cm³/mol. The van der Waals surface area contributed by atoms with Gasteiger partial charge in [0.25, 0.3) is 5.69 Å². The highest BCUT2D eigenvalue weighted by Crippen LogP contribution is 2.28. The molecule has 0 fully saturated rings. The van der Waals surface area contributed by atoms with Crippen molar-refractivity contribution in [2.75, 3.05) is 0 Å². The number of halogens is 3. The first-order valence-corrected chi connectivity index (χ1v) is 7.20. The average molecular weight is 347 g/mol. The standard InChI is InChI=1S/C14H10Cl3NO3/c15-7-10-5-11(16)3-4-14(10)21-8-9-1-2-12(17)6-13(9)18(19)20/h1-6H,7-8H2. The van der Waals surface area contributed by atoms with Crippen LogP contribution in [0.3, 0.4) is 0 Å². The first-order valence-electron chi connectivity index (χ1n) is 5.91. The van der Waals surface area contributed by atoms with Crippen LogP contribution in [0.25, 0.3) is 0 Å². The second kappa shape index (κ2) is 6.98. The highest BCUT2D eigenvalue weighted by Gasteiger charge is 2.15. The van der Waals surface area contributed by atoms with Gasteiger partial charge in [0.05, 0.1) is 16.4 Å². The van der Waals surface area contributed by atoms with Gasteiger partial charge < -0.3 is 4.74 Å². The lowest BCUT2D eigenvalue weighted by atomic mass is 10.2. The molecule has 110 valence electrons. The Bertz CT molecular complexity index is 677. The average Bonchev–Trinajstić information content (AvgIpc) is 2.46. The largest absolute Gasteiger partial charge is 0.488 e. The van der Waals surface area contributed by atoms with E-state index in [-0.39, 0.29) is 18.2 Å². The van der Waals surface area contributed by atoms with E-state index in [1.54, 1.807) is 30.3 Å². The van der Waals surface area contributed by atoms with Crippen LogP contribution in [0.1, 0.15) is 11.1 Å². The Balaban J connectivity index is 2.22. The van der Waals surface area contributed by atoms with Crippen LogP contribution in [0.4, 0.5) is 5.69 Å². The number of hydrogen-bond acceptors (Lipinski definition) is 3. The van der Waals surface area contributed by atoms with Crippen LogP contribution in [0, 0.1) is 10.1 Å². The summed E-state index contributed by atoms with van der Waals surface area (Å²) < 4.78 is 5.61. The van der Waals surface area contributed by atoms with E-state index in [1.807, 2.05) is 0 Å². The zero-order chi connectivity index (χ0) is 15.4. The molecule has 0 aliphatic rings. The Morgan fingerprint density at radius 1 is 1.05 bits per heavy atom. The SMILES string of the molecule is O=[N+]([O-])c1cc(Cl)ccc1COc1ccc(Cl)cc1CCl. The van der Waals surface area contributed by atoms with Crippen molar-refractivity contribution in [2.24, 2.45) is 0 Å². The van der Waals surface area contributed by atoms with Gasteiger partial charge in [-0.05, 0) is 30.3 Å². The van der Waals surface area contributed by atoms with E-state index in [0.29, 0.717) is 21.4 Å². The summed E-state index contributed by atoms with van der Waals surface area (Å²) in [5.74, 6) is 0.775. The Kier molecular flexibility index (Phi) is 5.28. The van der Waals surface area contributed by atoms with Gasteiger partial charge in [-0.3, -0.25) is 10.1 Å². The van der Waals surface area contributed by atoms with Crippen molar-refractivity contribution in [3.63, 3.8) is 0 Å². The molecule has 0 amide bonds. The van der Waals surface area contributed by atoms with Crippen LogP contribution in [-0.2, 0) is 12.5 Å². The van der Waals surface area contributed by atoms with E-state index in [0.717, 1.165) is 5.56 Å². The summed E-state index contributed by atoms with van der Waals surface area (Å²) in [6, 6.07) is 9.49. The zero-order valence-electron chi connectivity index (χ0n) is 10.7. The van der Waals surface area contributed by atoms with E-state index < -0.39 is 4.92 Å². The maximum atomic E-state index is 11.0. The van der Waals surface area contributed by atoms with Gasteiger partial charge in [-0.15, -0.1) is 11.6 Å². The third-order valence-electron chi connectivity index (χ3n) is 2.79. The number of alkyl halides is 1. The number of nitrogens with zero attached hydrogens (tertiary/aromatic N) is 1. The van der Waals surface area contributed by atoms with Crippen LogP contribution in [0.15, 0.2) is 36.4 Å². The molecule has 0 saturated carbocycles. The maximum Gasteiger partial charge on any atom is 0.277 e. The Morgan fingerprint density at radius 3 is 2.38 bits per heavy atom. The third-order valence-corrected chi connectivity index (χ3v) is 3.55. The molecule has 0 aliphatic heterocycles. The van der Waals surface area contributed by atoms with Crippen LogP contribution < -0.4 is 4.74 Å². The molecule has 0 atom stereocenters. The molecular weight excluding hydrogens is 337 g/mol. The van der Waals surface area contributed by atoms with E-state index in [4.69, 9.17) is 39.5 Å². The molecule has 4 nitrogen and oxygen atoms in total. The van der Waals surface area contributed by atoms with Crippen LogP contribution >= 0.6 is 34.8 Å². The van der Waals surface area contributed by atoms with Gasteiger partial charge >= 0.3 is 0 Å². The third kappa shape index (κ3) is 4.00. The van der Waals surface area contributed by atoms with Gasteiger partial charge in [0, 0.05) is 21.7 Å². The quantitative estimate of drug-likeness (QED) is 0.424. The molecule has 0 aliphatic carbocycles. The molecule has 0 aromatic heterocycles. The van der Waals surface area contributed by atoms with Crippen LogP contribution in [0.5, 0.6) is 5.75 Å². The van der Waals surface area contributed by atoms with Crippen molar-refractivity contribution >= 4 is 40.5 Å². The summed E-state index contributed by atoms with van der Waals surface area (Å²) in [4.78, 5) is 10.5. The topological polar surface area (TPSA) is 52.4 Å². The Hall–Kier alpha value is -1.49. The van der Waals surface area contributed by atoms with Gasteiger partial charge in [-0.25, -0.2) is 0 Å². The number of hydrogen-bond donors (Lipinski definition) is 0.